The second-order valence-electron chi connectivity index (χ2n) is 5.38. The van der Waals surface area contributed by atoms with Gasteiger partial charge in [-0.1, -0.05) is 11.6 Å². The molecule has 0 unspecified atom stereocenters. The molecule has 1 saturated heterocycles. The number of anilines is 1. The summed E-state index contributed by atoms with van der Waals surface area (Å²) in [5.41, 5.74) is 1.29. The van der Waals surface area contributed by atoms with E-state index in [1.807, 2.05) is 12.3 Å². The van der Waals surface area contributed by atoms with Crippen molar-refractivity contribution in [2.75, 3.05) is 18.0 Å². The zero-order valence-electron chi connectivity index (χ0n) is 12.0. The molecule has 0 radical (unpaired) electrons. The molecule has 1 aliphatic heterocycles. The quantitative estimate of drug-likeness (QED) is 0.899. The Bertz CT molecular complexity index is 578. The van der Waals surface area contributed by atoms with E-state index in [0.717, 1.165) is 36.3 Å². The van der Waals surface area contributed by atoms with E-state index in [1.165, 1.54) is 29.7 Å². The maximum absolute atomic E-state index is 5.94. The highest BCUT2D eigenvalue weighted by Gasteiger charge is 2.12. The zero-order valence-corrected chi connectivity index (χ0v) is 13.6. The van der Waals surface area contributed by atoms with Crippen LogP contribution in [0, 0.1) is 0 Å². The molecule has 21 heavy (non-hydrogen) atoms. The van der Waals surface area contributed by atoms with Crippen LogP contribution in [-0.2, 0) is 13.1 Å². The van der Waals surface area contributed by atoms with Crippen LogP contribution in [0.15, 0.2) is 30.5 Å². The van der Waals surface area contributed by atoms with Crippen molar-refractivity contribution in [2.45, 2.75) is 32.4 Å². The molecule has 0 saturated carbocycles. The number of halogens is 1. The third-order valence-corrected chi connectivity index (χ3v) is 4.98. The van der Waals surface area contributed by atoms with Gasteiger partial charge in [0.2, 0.25) is 0 Å². The van der Waals surface area contributed by atoms with Crippen molar-refractivity contribution in [1.82, 2.24) is 10.3 Å². The summed E-state index contributed by atoms with van der Waals surface area (Å²) >= 11 is 7.57. The van der Waals surface area contributed by atoms with E-state index >= 15 is 0 Å². The second-order valence-corrected chi connectivity index (χ2v) is 7.18. The first-order valence-corrected chi connectivity index (χ1v) is 8.65. The average Bonchev–Trinajstić information content (AvgIpc) is 2.94. The lowest BCUT2D eigenvalue weighted by atomic mass is 10.1. The van der Waals surface area contributed by atoms with Gasteiger partial charge in [-0.15, -0.1) is 11.3 Å². The Kier molecular flexibility index (Phi) is 5.12. The summed E-state index contributed by atoms with van der Waals surface area (Å²) in [5.74, 6) is 1.12. The van der Waals surface area contributed by atoms with Crippen molar-refractivity contribution in [3.8, 4) is 0 Å². The van der Waals surface area contributed by atoms with Crippen molar-refractivity contribution in [3.63, 3.8) is 0 Å². The first kappa shape index (κ1) is 14.8. The summed E-state index contributed by atoms with van der Waals surface area (Å²) < 4.78 is 0.850. The number of hydrogen-bond acceptors (Lipinski definition) is 4. The SMILES string of the molecule is Clc1ccc(CNCc2ccnc(N3CCCCC3)c2)s1. The molecular weight excluding hydrogens is 302 g/mol. The number of rotatable bonds is 5. The normalized spacial score (nSPS) is 15.4. The second kappa shape index (κ2) is 7.25. The van der Waals surface area contributed by atoms with Gasteiger partial charge in [-0.3, -0.25) is 0 Å². The lowest BCUT2D eigenvalue weighted by Gasteiger charge is -2.27. The zero-order chi connectivity index (χ0) is 14.5. The molecule has 5 heteroatoms. The number of pyridine rings is 1. The highest BCUT2D eigenvalue weighted by molar-refractivity contribution is 7.16. The molecule has 2 aromatic heterocycles. The first-order valence-electron chi connectivity index (χ1n) is 7.46. The van der Waals surface area contributed by atoms with Crippen LogP contribution in [0.4, 0.5) is 5.82 Å². The Morgan fingerprint density at radius 1 is 1.14 bits per heavy atom. The van der Waals surface area contributed by atoms with E-state index in [4.69, 9.17) is 11.6 Å². The van der Waals surface area contributed by atoms with E-state index in [-0.39, 0.29) is 0 Å². The molecule has 0 atom stereocenters. The number of nitrogens with zero attached hydrogens (tertiary/aromatic N) is 2. The van der Waals surface area contributed by atoms with Gasteiger partial charge in [-0.25, -0.2) is 4.98 Å². The van der Waals surface area contributed by atoms with Gasteiger partial charge in [0.1, 0.15) is 5.82 Å². The largest absolute Gasteiger partial charge is 0.357 e. The van der Waals surface area contributed by atoms with Gasteiger partial charge in [0, 0.05) is 37.3 Å². The van der Waals surface area contributed by atoms with Crippen LogP contribution in [0.5, 0.6) is 0 Å². The lowest BCUT2D eigenvalue weighted by Crippen LogP contribution is -2.30. The Morgan fingerprint density at radius 3 is 2.76 bits per heavy atom. The highest BCUT2D eigenvalue weighted by atomic mass is 35.5. The molecule has 1 aliphatic rings. The molecular formula is C16H20ClN3S. The fraction of sp³-hybridized carbons (Fsp3) is 0.438. The van der Waals surface area contributed by atoms with Gasteiger partial charge >= 0.3 is 0 Å². The van der Waals surface area contributed by atoms with Crippen molar-refractivity contribution in [3.05, 3.63) is 45.2 Å². The van der Waals surface area contributed by atoms with Crippen LogP contribution < -0.4 is 10.2 Å². The molecule has 3 nitrogen and oxygen atoms in total. The minimum absolute atomic E-state index is 0.850. The molecule has 0 aliphatic carbocycles. The minimum Gasteiger partial charge on any atom is -0.357 e. The maximum atomic E-state index is 5.94. The summed E-state index contributed by atoms with van der Waals surface area (Å²) in [5, 5.41) is 3.47. The molecule has 112 valence electrons. The third-order valence-electron chi connectivity index (χ3n) is 3.75. The Morgan fingerprint density at radius 2 is 2.00 bits per heavy atom. The maximum Gasteiger partial charge on any atom is 0.128 e. The minimum atomic E-state index is 0.850. The van der Waals surface area contributed by atoms with Crippen molar-refractivity contribution >= 4 is 28.8 Å². The molecule has 1 N–H and O–H groups in total. The third kappa shape index (κ3) is 4.19. The monoisotopic (exact) mass is 321 g/mol. The van der Waals surface area contributed by atoms with Crippen molar-refractivity contribution in [1.29, 1.82) is 0 Å². The van der Waals surface area contributed by atoms with Gasteiger partial charge in [0.05, 0.1) is 4.34 Å². The van der Waals surface area contributed by atoms with Crippen LogP contribution in [0.2, 0.25) is 4.34 Å². The smallest absolute Gasteiger partial charge is 0.128 e. The first-order chi connectivity index (χ1) is 10.3. The summed E-state index contributed by atoms with van der Waals surface area (Å²) in [6.45, 7) is 3.99. The molecule has 0 amide bonds. The number of nitrogens with one attached hydrogen (secondary N) is 1. The van der Waals surface area contributed by atoms with Crippen molar-refractivity contribution < 1.29 is 0 Å². The van der Waals surface area contributed by atoms with Gasteiger partial charge in [0.15, 0.2) is 0 Å². The predicted molar refractivity (Wildman–Crippen MR) is 90.2 cm³/mol. The Hall–Kier alpha value is -1.10. The topological polar surface area (TPSA) is 28.2 Å². The lowest BCUT2D eigenvalue weighted by molar-refractivity contribution is 0.573. The average molecular weight is 322 g/mol. The molecule has 3 rings (SSSR count). The predicted octanol–water partition coefficient (Wildman–Crippen LogP) is 4.08. The molecule has 0 bridgehead atoms. The molecule has 3 heterocycles. The highest BCUT2D eigenvalue weighted by Crippen LogP contribution is 2.21. The Labute approximate surface area is 135 Å². The Balaban J connectivity index is 1.55. The van der Waals surface area contributed by atoms with Crippen LogP contribution >= 0.6 is 22.9 Å². The fourth-order valence-corrected chi connectivity index (χ4v) is 3.70. The van der Waals surface area contributed by atoms with Crippen LogP contribution in [0.3, 0.4) is 0 Å². The van der Waals surface area contributed by atoms with E-state index in [2.05, 4.69) is 33.4 Å². The van der Waals surface area contributed by atoms with E-state index < -0.39 is 0 Å². The number of thiophene rings is 1. The number of piperidine rings is 1. The van der Waals surface area contributed by atoms with Gasteiger partial charge in [-0.05, 0) is 49.1 Å². The van der Waals surface area contributed by atoms with Gasteiger partial charge in [0.25, 0.3) is 0 Å². The fourth-order valence-electron chi connectivity index (χ4n) is 2.64. The van der Waals surface area contributed by atoms with Crippen LogP contribution in [-0.4, -0.2) is 18.1 Å². The standard InChI is InChI=1S/C16H20ClN3S/c17-15-5-4-14(21-15)12-18-11-13-6-7-19-16(10-13)20-8-2-1-3-9-20/h4-7,10,18H,1-3,8-9,11-12H2. The van der Waals surface area contributed by atoms with Gasteiger partial charge in [-0.2, -0.15) is 0 Å². The molecule has 0 spiro atoms. The van der Waals surface area contributed by atoms with E-state index in [0.29, 0.717) is 0 Å². The summed E-state index contributed by atoms with van der Waals surface area (Å²) in [4.78, 5) is 8.18. The van der Waals surface area contributed by atoms with Crippen LogP contribution in [0.25, 0.3) is 0 Å². The van der Waals surface area contributed by atoms with E-state index in [9.17, 15) is 0 Å². The van der Waals surface area contributed by atoms with Gasteiger partial charge < -0.3 is 10.2 Å². The number of hydrogen-bond donors (Lipinski definition) is 1. The van der Waals surface area contributed by atoms with Crippen LogP contribution in [0.1, 0.15) is 29.7 Å². The summed E-state index contributed by atoms with van der Waals surface area (Å²) in [7, 11) is 0. The van der Waals surface area contributed by atoms with Crippen molar-refractivity contribution in [2.24, 2.45) is 0 Å². The molecule has 0 aromatic carbocycles. The molecule has 1 fully saturated rings. The van der Waals surface area contributed by atoms with E-state index in [1.54, 1.807) is 11.3 Å². The summed E-state index contributed by atoms with van der Waals surface area (Å²) in [6.07, 6.45) is 5.83. The summed E-state index contributed by atoms with van der Waals surface area (Å²) in [6, 6.07) is 8.32. The number of aromatic nitrogens is 1. The molecule has 2 aromatic rings.